The number of carbonyl (C=O) groups excluding carboxylic acids is 2. The normalized spacial score (nSPS) is 9.95. The van der Waals surface area contributed by atoms with E-state index in [1.165, 1.54) is 0 Å². The molecule has 0 spiro atoms. The number of ether oxygens (including phenoxy) is 1. The van der Waals surface area contributed by atoms with E-state index in [9.17, 15) is 9.59 Å². The van der Waals surface area contributed by atoms with Crippen LogP contribution in [0.2, 0.25) is 0 Å². The van der Waals surface area contributed by atoms with E-state index in [1.54, 1.807) is 12.1 Å². The Bertz CT molecular complexity index is 628. The summed E-state index contributed by atoms with van der Waals surface area (Å²) in [6, 6.07) is 16.6. The largest absolute Gasteiger partial charge is 0.460 e. The van der Waals surface area contributed by atoms with Crippen LogP contribution in [0.15, 0.2) is 54.6 Å². The van der Waals surface area contributed by atoms with Crippen molar-refractivity contribution in [2.45, 2.75) is 6.61 Å². The van der Waals surface area contributed by atoms with Crippen molar-refractivity contribution in [2.24, 2.45) is 0 Å². The maximum absolute atomic E-state index is 11.9. The zero-order valence-corrected chi connectivity index (χ0v) is 13.4. The van der Waals surface area contributed by atoms with Gasteiger partial charge in [0.25, 0.3) is 5.91 Å². The molecule has 0 aliphatic carbocycles. The van der Waals surface area contributed by atoms with Crippen molar-refractivity contribution in [1.82, 2.24) is 5.32 Å². The smallest absolute Gasteiger partial charge is 0.325 e. The first-order valence-corrected chi connectivity index (χ1v) is 7.47. The molecule has 0 unspecified atom stereocenters. The Balaban J connectivity index is 1.79. The Kier molecular flexibility index (Phi) is 5.74. The zero-order chi connectivity index (χ0) is 15.1. The second-order valence-electron chi connectivity index (χ2n) is 4.31. The van der Waals surface area contributed by atoms with E-state index in [-0.39, 0.29) is 19.1 Å². The van der Waals surface area contributed by atoms with E-state index >= 15 is 0 Å². The summed E-state index contributed by atoms with van der Waals surface area (Å²) < 4.78 is 5.93. The Morgan fingerprint density at radius 2 is 1.67 bits per heavy atom. The van der Waals surface area contributed by atoms with Crippen LogP contribution in [0.5, 0.6) is 0 Å². The fourth-order valence-electron chi connectivity index (χ4n) is 1.68. The van der Waals surface area contributed by atoms with E-state index in [0.29, 0.717) is 5.56 Å². The highest BCUT2D eigenvalue weighted by Gasteiger charge is 2.11. The lowest BCUT2D eigenvalue weighted by molar-refractivity contribution is -0.143. The van der Waals surface area contributed by atoms with Gasteiger partial charge in [0.1, 0.15) is 13.2 Å². The Morgan fingerprint density at radius 1 is 1.00 bits per heavy atom. The molecule has 1 amide bonds. The van der Waals surface area contributed by atoms with Crippen LogP contribution in [0, 0.1) is 3.57 Å². The van der Waals surface area contributed by atoms with Crippen LogP contribution in [0.25, 0.3) is 0 Å². The van der Waals surface area contributed by atoms with Gasteiger partial charge in [-0.15, -0.1) is 0 Å². The molecule has 0 saturated carbocycles. The topological polar surface area (TPSA) is 55.4 Å². The number of hydrogen-bond donors (Lipinski definition) is 1. The molecule has 0 fully saturated rings. The molecule has 0 aromatic heterocycles. The van der Waals surface area contributed by atoms with Crippen molar-refractivity contribution < 1.29 is 14.3 Å². The van der Waals surface area contributed by atoms with Crippen LogP contribution < -0.4 is 5.32 Å². The van der Waals surface area contributed by atoms with Crippen LogP contribution in [-0.2, 0) is 16.1 Å². The number of rotatable bonds is 5. The maximum Gasteiger partial charge on any atom is 0.325 e. The van der Waals surface area contributed by atoms with E-state index in [2.05, 4.69) is 27.9 Å². The molecule has 0 aliphatic heterocycles. The molecule has 0 heterocycles. The van der Waals surface area contributed by atoms with Crippen molar-refractivity contribution in [3.63, 3.8) is 0 Å². The second-order valence-corrected chi connectivity index (χ2v) is 5.47. The van der Waals surface area contributed by atoms with Gasteiger partial charge in [0, 0.05) is 3.57 Å². The first kappa shape index (κ1) is 15.5. The summed E-state index contributed by atoms with van der Waals surface area (Å²) in [5.41, 5.74) is 1.46. The van der Waals surface area contributed by atoms with Gasteiger partial charge in [-0.25, -0.2) is 0 Å². The van der Waals surface area contributed by atoms with Crippen LogP contribution in [0.1, 0.15) is 15.9 Å². The van der Waals surface area contributed by atoms with Gasteiger partial charge in [-0.2, -0.15) is 0 Å². The molecule has 21 heavy (non-hydrogen) atoms. The molecule has 0 saturated heterocycles. The molecule has 4 nitrogen and oxygen atoms in total. The van der Waals surface area contributed by atoms with Crippen molar-refractivity contribution in [3.05, 3.63) is 69.3 Å². The second kappa shape index (κ2) is 7.78. The Labute approximate surface area is 136 Å². The van der Waals surface area contributed by atoms with Gasteiger partial charge < -0.3 is 10.1 Å². The van der Waals surface area contributed by atoms with E-state index < -0.39 is 5.97 Å². The van der Waals surface area contributed by atoms with Gasteiger partial charge in [0.05, 0.1) is 5.56 Å². The van der Waals surface area contributed by atoms with E-state index in [0.717, 1.165) is 9.13 Å². The lowest BCUT2D eigenvalue weighted by Gasteiger charge is -2.07. The molecule has 108 valence electrons. The average Bonchev–Trinajstić information content (AvgIpc) is 2.52. The Morgan fingerprint density at radius 3 is 2.38 bits per heavy atom. The van der Waals surface area contributed by atoms with E-state index in [1.807, 2.05) is 42.5 Å². The number of esters is 1. The summed E-state index contributed by atoms with van der Waals surface area (Å²) in [6.45, 7) is 0.0645. The summed E-state index contributed by atoms with van der Waals surface area (Å²) in [5, 5.41) is 2.56. The van der Waals surface area contributed by atoms with Crippen LogP contribution in [-0.4, -0.2) is 18.4 Å². The third-order valence-corrected chi connectivity index (χ3v) is 3.70. The fourth-order valence-corrected chi connectivity index (χ4v) is 2.31. The minimum atomic E-state index is -0.460. The number of nitrogens with one attached hydrogen (secondary N) is 1. The highest BCUT2D eigenvalue weighted by atomic mass is 127. The minimum absolute atomic E-state index is 0.142. The van der Waals surface area contributed by atoms with Gasteiger partial charge in [-0.05, 0) is 40.3 Å². The first-order chi connectivity index (χ1) is 10.2. The lowest BCUT2D eigenvalue weighted by atomic mass is 10.2. The monoisotopic (exact) mass is 395 g/mol. The van der Waals surface area contributed by atoms with Crippen molar-refractivity contribution in [3.8, 4) is 0 Å². The van der Waals surface area contributed by atoms with Gasteiger partial charge in [-0.3, -0.25) is 9.59 Å². The predicted octanol–water partition coefficient (Wildman–Crippen LogP) is 2.76. The summed E-state index contributed by atoms with van der Waals surface area (Å²) in [5.74, 6) is -0.741. The third-order valence-electron chi connectivity index (χ3n) is 2.75. The number of hydrogen-bond acceptors (Lipinski definition) is 3. The van der Waals surface area contributed by atoms with Crippen molar-refractivity contribution in [2.75, 3.05) is 6.54 Å². The summed E-state index contributed by atoms with van der Waals surface area (Å²) in [4.78, 5) is 23.5. The van der Waals surface area contributed by atoms with Gasteiger partial charge in [0.15, 0.2) is 0 Å². The molecule has 2 rings (SSSR count). The highest BCUT2D eigenvalue weighted by molar-refractivity contribution is 14.1. The summed E-state index contributed by atoms with van der Waals surface area (Å²) >= 11 is 2.08. The molecule has 0 radical (unpaired) electrons. The lowest BCUT2D eigenvalue weighted by Crippen LogP contribution is -2.31. The molecular weight excluding hydrogens is 381 g/mol. The van der Waals surface area contributed by atoms with E-state index in [4.69, 9.17) is 4.74 Å². The fraction of sp³-hybridized carbons (Fsp3) is 0.125. The molecule has 2 aromatic carbocycles. The standard InChI is InChI=1S/C16H14INO3/c17-14-9-5-4-8-13(14)16(20)18-10-15(19)21-11-12-6-2-1-3-7-12/h1-9H,10-11H2,(H,18,20). The minimum Gasteiger partial charge on any atom is -0.460 e. The average molecular weight is 395 g/mol. The van der Waals surface area contributed by atoms with Crippen LogP contribution in [0.3, 0.4) is 0 Å². The first-order valence-electron chi connectivity index (χ1n) is 6.39. The predicted molar refractivity (Wildman–Crippen MR) is 87.7 cm³/mol. The summed E-state index contributed by atoms with van der Waals surface area (Å²) in [6.07, 6.45) is 0. The van der Waals surface area contributed by atoms with Gasteiger partial charge >= 0.3 is 5.97 Å². The Hall–Kier alpha value is -1.89. The molecule has 0 atom stereocenters. The molecule has 0 bridgehead atoms. The molecule has 0 aliphatic rings. The zero-order valence-electron chi connectivity index (χ0n) is 11.2. The van der Waals surface area contributed by atoms with Crippen molar-refractivity contribution in [1.29, 1.82) is 0 Å². The van der Waals surface area contributed by atoms with Crippen molar-refractivity contribution >= 4 is 34.5 Å². The highest BCUT2D eigenvalue weighted by Crippen LogP contribution is 2.10. The van der Waals surface area contributed by atoms with Crippen LogP contribution >= 0.6 is 22.6 Å². The molecule has 1 N–H and O–H groups in total. The number of carbonyl (C=O) groups is 2. The SMILES string of the molecule is O=C(CNC(=O)c1ccccc1I)OCc1ccccc1. The van der Waals surface area contributed by atoms with Gasteiger partial charge in [-0.1, -0.05) is 42.5 Å². The number of amides is 1. The summed E-state index contributed by atoms with van der Waals surface area (Å²) in [7, 11) is 0. The van der Waals surface area contributed by atoms with Gasteiger partial charge in [0.2, 0.25) is 0 Å². The molecule has 5 heteroatoms. The van der Waals surface area contributed by atoms with Crippen LogP contribution in [0.4, 0.5) is 0 Å². The maximum atomic E-state index is 11.9. The third kappa shape index (κ3) is 4.86. The quantitative estimate of drug-likeness (QED) is 0.626. The molecule has 2 aromatic rings. The number of halogens is 1. The number of benzene rings is 2. The molecular formula is C16H14INO3.